The van der Waals surface area contributed by atoms with Gasteiger partial charge in [0.25, 0.3) is 0 Å². The highest BCUT2D eigenvalue weighted by Gasteiger charge is 2.38. The number of halogens is 1. The Bertz CT molecular complexity index is 321. The number of nitrogens with zero attached hydrogens (tertiary/aromatic N) is 1. The molecule has 90 valence electrons. The van der Waals surface area contributed by atoms with E-state index < -0.39 is 14.8 Å². The summed E-state index contributed by atoms with van der Waals surface area (Å²) in [5, 5.41) is 0. The van der Waals surface area contributed by atoms with E-state index in [2.05, 4.69) is 22.9 Å². The van der Waals surface area contributed by atoms with Gasteiger partial charge in [-0.15, -0.1) is 0 Å². The summed E-state index contributed by atoms with van der Waals surface area (Å²) in [6.45, 7) is 8.67. The third kappa shape index (κ3) is 2.74. The molecule has 0 amide bonds. The summed E-state index contributed by atoms with van der Waals surface area (Å²) >= 11 is 3.55. The number of alkyl halides is 1. The summed E-state index contributed by atoms with van der Waals surface area (Å²) in [5.41, 5.74) is 0. The third-order valence-corrected chi connectivity index (χ3v) is 6.69. The van der Waals surface area contributed by atoms with Crippen LogP contribution < -0.4 is 0 Å². The van der Waals surface area contributed by atoms with E-state index in [1.54, 1.807) is 25.1 Å². The highest BCUT2D eigenvalue weighted by atomic mass is 79.9. The van der Waals surface area contributed by atoms with Gasteiger partial charge in [0, 0.05) is 17.9 Å². The van der Waals surface area contributed by atoms with E-state index in [4.69, 9.17) is 0 Å². The fourth-order valence-electron chi connectivity index (χ4n) is 1.60. The van der Waals surface area contributed by atoms with Gasteiger partial charge in [0.15, 0.2) is 0 Å². The van der Waals surface area contributed by atoms with Gasteiger partial charge in [-0.2, -0.15) is 0 Å². The van der Waals surface area contributed by atoms with Gasteiger partial charge in [-0.1, -0.05) is 22.9 Å². The molecule has 5 heteroatoms. The molecule has 1 heterocycles. The Kier molecular flexibility index (Phi) is 3.89. The lowest BCUT2D eigenvalue weighted by Crippen LogP contribution is -2.49. The predicted octanol–water partition coefficient (Wildman–Crippen LogP) is 2.22. The fourth-order valence-corrected chi connectivity index (χ4v) is 3.88. The minimum absolute atomic E-state index is 0.281. The standard InChI is InChI=1S/C10H20BrNO2S/c1-8-5-6-12(7-9(8)11)15(13,14)10(2,3)4/h8-9H,5-7H2,1-4H3. The number of rotatable bonds is 1. The summed E-state index contributed by atoms with van der Waals surface area (Å²) < 4.78 is 25.3. The minimum Gasteiger partial charge on any atom is -0.212 e. The third-order valence-electron chi connectivity index (χ3n) is 2.94. The van der Waals surface area contributed by atoms with Crippen LogP contribution in [0, 0.1) is 5.92 Å². The number of hydrogen-bond acceptors (Lipinski definition) is 2. The van der Waals surface area contributed by atoms with E-state index in [0.29, 0.717) is 19.0 Å². The van der Waals surface area contributed by atoms with Gasteiger partial charge >= 0.3 is 0 Å². The lowest BCUT2D eigenvalue weighted by atomic mass is 10.0. The molecular formula is C10H20BrNO2S. The predicted molar refractivity (Wildman–Crippen MR) is 66.7 cm³/mol. The molecule has 0 radical (unpaired) electrons. The molecule has 1 rings (SSSR count). The first-order chi connectivity index (χ1) is 6.66. The van der Waals surface area contributed by atoms with E-state index in [1.165, 1.54) is 0 Å². The Hall–Kier alpha value is 0.390. The Balaban J connectivity index is 2.83. The molecule has 1 aliphatic heterocycles. The van der Waals surface area contributed by atoms with Gasteiger partial charge in [-0.25, -0.2) is 12.7 Å². The number of sulfonamides is 1. The summed E-state index contributed by atoms with van der Waals surface area (Å²) in [6.07, 6.45) is 0.936. The van der Waals surface area contributed by atoms with Crippen molar-refractivity contribution < 1.29 is 8.42 Å². The second-order valence-electron chi connectivity index (χ2n) is 5.26. The number of hydrogen-bond donors (Lipinski definition) is 0. The van der Waals surface area contributed by atoms with Crippen molar-refractivity contribution in [2.24, 2.45) is 5.92 Å². The van der Waals surface area contributed by atoms with E-state index in [9.17, 15) is 8.42 Å². The Labute approximate surface area is 101 Å². The second-order valence-corrected chi connectivity index (χ2v) is 9.12. The molecule has 2 unspecified atom stereocenters. The van der Waals surface area contributed by atoms with Crippen molar-refractivity contribution >= 4 is 26.0 Å². The van der Waals surface area contributed by atoms with Gasteiger partial charge in [0.05, 0.1) is 4.75 Å². The lowest BCUT2D eigenvalue weighted by Gasteiger charge is -2.37. The summed E-state index contributed by atoms with van der Waals surface area (Å²) in [7, 11) is -3.15. The normalized spacial score (nSPS) is 30.5. The van der Waals surface area contributed by atoms with Crippen LogP contribution in [0.5, 0.6) is 0 Å². The SMILES string of the molecule is CC1CCN(S(=O)(=O)C(C)(C)C)CC1Br. The van der Waals surface area contributed by atoms with Crippen LogP contribution >= 0.6 is 15.9 Å². The monoisotopic (exact) mass is 297 g/mol. The highest BCUT2D eigenvalue weighted by Crippen LogP contribution is 2.29. The zero-order chi connectivity index (χ0) is 11.9. The molecule has 0 bridgehead atoms. The molecule has 1 saturated heterocycles. The topological polar surface area (TPSA) is 37.4 Å². The molecule has 15 heavy (non-hydrogen) atoms. The molecule has 0 aliphatic carbocycles. The lowest BCUT2D eigenvalue weighted by molar-refractivity contribution is 0.293. The Morgan fingerprint density at radius 3 is 2.27 bits per heavy atom. The zero-order valence-electron chi connectivity index (χ0n) is 9.83. The van der Waals surface area contributed by atoms with E-state index in [-0.39, 0.29) is 4.83 Å². The van der Waals surface area contributed by atoms with Gasteiger partial charge in [0.1, 0.15) is 0 Å². The summed E-state index contributed by atoms with van der Waals surface area (Å²) in [6, 6.07) is 0. The molecule has 0 spiro atoms. The average Bonchev–Trinajstić information content (AvgIpc) is 2.07. The van der Waals surface area contributed by atoms with Crippen molar-refractivity contribution in [3.05, 3.63) is 0 Å². The maximum absolute atomic E-state index is 12.2. The smallest absolute Gasteiger partial charge is 0.212 e. The molecule has 1 aliphatic rings. The molecule has 0 N–H and O–H groups in total. The highest BCUT2D eigenvalue weighted by molar-refractivity contribution is 9.09. The van der Waals surface area contributed by atoms with E-state index in [0.717, 1.165) is 6.42 Å². The first-order valence-electron chi connectivity index (χ1n) is 5.30. The van der Waals surface area contributed by atoms with E-state index in [1.807, 2.05) is 0 Å². The fraction of sp³-hybridized carbons (Fsp3) is 1.00. The Morgan fingerprint density at radius 1 is 1.33 bits per heavy atom. The first kappa shape index (κ1) is 13.5. The second kappa shape index (κ2) is 4.34. The largest absolute Gasteiger partial charge is 0.219 e. The van der Waals surface area contributed by atoms with Crippen LogP contribution in [-0.2, 0) is 10.0 Å². The minimum atomic E-state index is -3.15. The quantitative estimate of drug-likeness (QED) is 0.696. The van der Waals surface area contributed by atoms with E-state index >= 15 is 0 Å². The van der Waals surface area contributed by atoms with Crippen molar-refractivity contribution in [1.29, 1.82) is 0 Å². The maximum atomic E-state index is 12.2. The van der Waals surface area contributed by atoms with Gasteiger partial charge < -0.3 is 0 Å². The van der Waals surface area contributed by atoms with Crippen LogP contribution in [0.4, 0.5) is 0 Å². The van der Waals surface area contributed by atoms with Crippen molar-refractivity contribution in [1.82, 2.24) is 4.31 Å². The first-order valence-corrected chi connectivity index (χ1v) is 7.65. The molecule has 1 fully saturated rings. The molecule has 0 aromatic rings. The Morgan fingerprint density at radius 2 is 1.87 bits per heavy atom. The molecule has 0 saturated carbocycles. The van der Waals surface area contributed by atoms with Crippen LogP contribution in [0.1, 0.15) is 34.1 Å². The molecular weight excluding hydrogens is 278 g/mol. The summed E-state index contributed by atoms with van der Waals surface area (Å²) in [5.74, 6) is 0.552. The van der Waals surface area contributed by atoms with Crippen LogP contribution in [0.2, 0.25) is 0 Å². The van der Waals surface area contributed by atoms with Crippen LogP contribution in [-0.4, -0.2) is 35.4 Å². The van der Waals surface area contributed by atoms with Crippen molar-refractivity contribution in [2.75, 3.05) is 13.1 Å². The summed E-state index contributed by atoms with van der Waals surface area (Å²) in [4.78, 5) is 0.281. The molecule has 0 aromatic heterocycles. The molecule has 3 nitrogen and oxygen atoms in total. The maximum Gasteiger partial charge on any atom is 0.219 e. The van der Waals surface area contributed by atoms with Crippen LogP contribution in [0.25, 0.3) is 0 Å². The van der Waals surface area contributed by atoms with Crippen molar-refractivity contribution in [2.45, 2.75) is 43.7 Å². The van der Waals surface area contributed by atoms with Gasteiger partial charge in [0.2, 0.25) is 10.0 Å². The number of piperidine rings is 1. The van der Waals surface area contributed by atoms with Gasteiger partial charge in [-0.05, 0) is 33.1 Å². The molecule has 2 atom stereocenters. The van der Waals surface area contributed by atoms with Gasteiger partial charge in [-0.3, -0.25) is 0 Å². The van der Waals surface area contributed by atoms with Crippen molar-refractivity contribution in [3.8, 4) is 0 Å². The average molecular weight is 298 g/mol. The zero-order valence-corrected chi connectivity index (χ0v) is 12.2. The van der Waals surface area contributed by atoms with Crippen LogP contribution in [0.15, 0.2) is 0 Å². The van der Waals surface area contributed by atoms with Crippen LogP contribution in [0.3, 0.4) is 0 Å². The molecule has 0 aromatic carbocycles. The van der Waals surface area contributed by atoms with Crippen molar-refractivity contribution in [3.63, 3.8) is 0 Å².